The fourth-order valence-corrected chi connectivity index (χ4v) is 6.58. The Morgan fingerprint density at radius 2 is 1.74 bits per heavy atom. The average molecular weight is 446 g/mol. The molecule has 0 aliphatic heterocycles. The van der Waals surface area contributed by atoms with E-state index in [1.54, 1.807) is 4.90 Å². The number of nitrogens with zero attached hydrogens (tertiary/aromatic N) is 1. The van der Waals surface area contributed by atoms with Crippen molar-refractivity contribution < 1.29 is 19.8 Å². The van der Waals surface area contributed by atoms with Gasteiger partial charge in [0.1, 0.15) is 4.88 Å². The summed E-state index contributed by atoms with van der Waals surface area (Å²) in [4.78, 5) is 29.0. The van der Waals surface area contributed by atoms with Crippen molar-refractivity contribution in [1.29, 1.82) is 0 Å². The van der Waals surface area contributed by atoms with Gasteiger partial charge in [-0.25, -0.2) is 4.79 Å². The number of hydrogen-bond donors (Lipinski definition) is 2. The Kier molecular flexibility index (Phi) is 6.87. The predicted octanol–water partition coefficient (Wildman–Crippen LogP) is 5.59. The lowest BCUT2D eigenvalue weighted by atomic mass is 9.82. The molecule has 31 heavy (non-hydrogen) atoms. The van der Waals surface area contributed by atoms with Gasteiger partial charge in [0.2, 0.25) is 5.91 Å². The van der Waals surface area contributed by atoms with Crippen molar-refractivity contribution in [3.05, 3.63) is 28.0 Å². The molecule has 0 saturated heterocycles. The number of carbonyl (C=O) groups is 2. The van der Waals surface area contributed by atoms with E-state index in [9.17, 15) is 19.8 Å². The maximum absolute atomic E-state index is 13.7. The normalized spacial score (nSPS) is 33.4. The van der Waals surface area contributed by atoms with Gasteiger partial charge >= 0.3 is 5.97 Å². The lowest BCUT2D eigenvalue weighted by Gasteiger charge is -2.34. The van der Waals surface area contributed by atoms with Gasteiger partial charge in [0.25, 0.3) is 0 Å². The van der Waals surface area contributed by atoms with Crippen molar-refractivity contribution in [2.75, 3.05) is 4.90 Å². The molecule has 4 rings (SSSR count). The monoisotopic (exact) mass is 445 g/mol. The summed E-state index contributed by atoms with van der Waals surface area (Å²) < 4.78 is 0. The molecule has 0 spiro atoms. The maximum atomic E-state index is 13.7. The molecule has 2 N–H and O–H groups in total. The predicted molar refractivity (Wildman–Crippen MR) is 124 cm³/mol. The molecule has 170 valence electrons. The summed E-state index contributed by atoms with van der Waals surface area (Å²) in [6.07, 6.45) is 11.8. The SMILES string of the molecule is CC1C=CC(c2cc(N(C(=O)C3CCC(C)CC3)C3CCC(O)C3)c(C(=O)O)s2)CC1. The summed E-state index contributed by atoms with van der Waals surface area (Å²) in [6, 6.07) is 1.84. The molecule has 0 aromatic carbocycles. The fraction of sp³-hybridized carbons (Fsp3) is 0.680. The average Bonchev–Trinajstić information content (AvgIpc) is 3.36. The number of hydrogen-bond acceptors (Lipinski definition) is 4. The second kappa shape index (κ2) is 9.45. The molecule has 1 aromatic rings. The van der Waals surface area contributed by atoms with Crippen LogP contribution in [-0.2, 0) is 4.79 Å². The van der Waals surface area contributed by atoms with Crippen molar-refractivity contribution in [3.63, 3.8) is 0 Å². The van der Waals surface area contributed by atoms with E-state index in [-0.39, 0.29) is 28.7 Å². The summed E-state index contributed by atoms with van der Waals surface area (Å²) in [5.74, 6) is 0.470. The van der Waals surface area contributed by atoms with E-state index >= 15 is 0 Å². The van der Waals surface area contributed by atoms with Crippen LogP contribution in [0.25, 0.3) is 0 Å². The van der Waals surface area contributed by atoms with Crippen LogP contribution in [0.1, 0.15) is 92.1 Å². The van der Waals surface area contributed by atoms with Gasteiger partial charge in [0, 0.05) is 22.8 Å². The van der Waals surface area contributed by atoms with Crippen molar-refractivity contribution in [3.8, 4) is 0 Å². The molecular weight excluding hydrogens is 410 g/mol. The second-order valence-electron chi connectivity index (χ2n) is 10.0. The second-order valence-corrected chi connectivity index (χ2v) is 11.1. The Hall–Kier alpha value is -1.66. The summed E-state index contributed by atoms with van der Waals surface area (Å²) in [5.41, 5.74) is 0.558. The third kappa shape index (κ3) is 4.90. The van der Waals surface area contributed by atoms with Crippen molar-refractivity contribution in [2.24, 2.45) is 17.8 Å². The number of aliphatic hydroxyl groups excluding tert-OH is 1. The first-order chi connectivity index (χ1) is 14.8. The van der Waals surface area contributed by atoms with Crippen LogP contribution in [0.2, 0.25) is 0 Å². The molecule has 3 aliphatic carbocycles. The van der Waals surface area contributed by atoms with Crippen LogP contribution in [0.3, 0.4) is 0 Å². The Morgan fingerprint density at radius 3 is 2.32 bits per heavy atom. The minimum atomic E-state index is -0.965. The van der Waals surface area contributed by atoms with E-state index in [0.29, 0.717) is 30.4 Å². The summed E-state index contributed by atoms with van der Waals surface area (Å²) in [7, 11) is 0. The van der Waals surface area contributed by atoms with Gasteiger partial charge in [0.05, 0.1) is 11.8 Å². The van der Waals surface area contributed by atoms with Gasteiger partial charge in [-0.3, -0.25) is 4.79 Å². The summed E-state index contributed by atoms with van der Waals surface area (Å²) in [6.45, 7) is 4.43. The lowest BCUT2D eigenvalue weighted by molar-refractivity contribution is -0.124. The smallest absolute Gasteiger partial charge is 0.348 e. The van der Waals surface area contributed by atoms with E-state index in [1.165, 1.54) is 11.3 Å². The number of carboxylic acid groups (broad SMARTS) is 1. The Balaban J connectivity index is 1.69. The molecule has 6 heteroatoms. The minimum Gasteiger partial charge on any atom is -0.477 e. The van der Waals surface area contributed by atoms with E-state index < -0.39 is 12.1 Å². The van der Waals surface area contributed by atoms with Crippen LogP contribution >= 0.6 is 11.3 Å². The van der Waals surface area contributed by atoms with Crippen molar-refractivity contribution in [1.82, 2.24) is 0 Å². The highest BCUT2D eigenvalue weighted by atomic mass is 32.1. The molecule has 0 radical (unpaired) electrons. The molecule has 1 amide bonds. The fourth-order valence-electron chi connectivity index (χ4n) is 5.48. The molecular formula is C25H35NO4S. The minimum absolute atomic E-state index is 0.0469. The van der Waals surface area contributed by atoms with Gasteiger partial charge in [-0.2, -0.15) is 0 Å². The van der Waals surface area contributed by atoms with Crippen molar-refractivity contribution in [2.45, 2.75) is 89.7 Å². The molecule has 1 heterocycles. The summed E-state index contributed by atoms with van der Waals surface area (Å²) >= 11 is 1.32. The van der Waals surface area contributed by atoms with Gasteiger partial charge in [0.15, 0.2) is 0 Å². The standard InChI is InChI=1S/C25H35NO4S/c1-15-3-7-17(8-4-15)22-14-21(23(31-22)25(29)30)26(19-11-12-20(27)13-19)24(28)18-9-5-16(2)6-10-18/h3,7,14-20,27H,4-6,8-13H2,1-2H3,(H,29,30). The number of allylic oxidation sites excluding steroid dienone is 2. The largest absolute Gasteiger partial charge is 0.477 e. The third-order valence-corrected chi connectivity index (χ3v) is 8.74. The molecule has 2 fully saturated rings. The van der Waals surface area contributed by atoms with Crippen LogP contribution in [-0.4, -0.2) is 34.2 Å². The first-order valence-electron chi connectivity index (χ1n) is 11.9. The molecule has 4 unspecified atom stereocenters. The Morgan fingerprint density at radius 1 is 1.00 bits per heavy atom. The van der Waals surface area contributed by atoms with Crippen LogP contribution in [0.15, 0.2) is 18.2 Å². The van der Waals surface area contributed by atoms with Crippen LogP contribution in [0, 0.1) is 17.8 Å². The number of amides is 1. The molecule has 0 bridgehead atoms. The highest BCUT2D eigenvalue weighted by Crippen LogP contribution is 2.43. The van der Waals surface area contributed by atoms with Crippen molar-refractivity contribution >= 4 is 28.9 Å². The lowest BCUT2D eigenvalue weighted by Crippen LogP contribution is -2.44. The van der Waals surface area contributed by atoms with Gasteiger partial charge in [-0.05, 0) is 75.7 Å². The van der Waals surface area contributed by atoms with Crippen LogP contribution in [0.5, 0.6) is 0 Å². The molecule has 2 saturated carbocycles. The van der Waals surface area contributed by atoms with E-state index in [2.05, 4.69) is 26.0 Å². The van der Waals surface area contributed by atoms with E-state index in [1.807, 2.05) is 6.07 Å². The van der Waals surface area contributed by atoms with E-state index in [4.69, 9.17) is 0 Å². The zero-order chi connectivity index (χ0) is 22.1. The molecule has 5 nitrogen and oxygen atoms in total. The highest BCUT2D eigenvalue weighted by molar-refractivity contribution is 7.14. The number of aromatic carboxylic acids is 1. The number of rotatable bonds is 5. The first kappa shape index (κ1) is 22.5. The Bertz CT molecular complexity index is 839. The topological polar surface area (TPSA) is 77.8 Å². The number of carboxylic acids is 1. The number of carbonyl (C=O) groups excluding carboxylic acids is 1. The zero-order valence-electron chi connectivity index (χ0n) is 18.6. The van der Waals surface area contributed by atoms with Crippen LogP contribution < -0.4 is 4.90 Å². The quantitative estimate of drug-likeness (QED) is 0.579. The maximum Gasteiger partial charge on any atom is 0.348 e. The van der Waals surface area contributed by atoms with Gasteiger partial charge in [-0.15, -0.1) is 11.3 Å². The molecule has 1 aromatic heterocycles. The van der Waals surface area contributed by atoms with Gasteiger partial charge in [-0.1, -0.05) is 26.0 Å². The third-order valence-electron chi connectivity index (χ3n) is 7.50. The number of anilines is 1. The molecule has 3 aliphatic rings. The Labute approximate surface area is 189 Å². The summed E-state index contributed by atoms with van der Waals surface area (Å²) in [5, 5.41) is 20.2. The first-order valence-corrected chi connectivity index (χ1v) is 12.7. The van der Waals surface area contributed by atoms with E-state index in [0.717, 1.165) is 49.8 Å². The number of aliphatic hydroxyl groups is 1. The number of thiophene rings is 1. The zero-order valence-corrected chi connectivity index (χ0v) is 19.4. The van der Waals surface area contributed by atoms with Gasteiger partial charge < -0.3 is 15.1 Å². The molecule has 4 atom stereocenters. The van der Waals surface area contributed by atoms with Crippen LogP contribution in [0.4, 0.5) is 5.69 Å². The highest BCUT2D eigenvalue weighted by Gasteiger charge is 2.39.